The molecule has 0 aliphatic heterocycles. The topological polar surface area (TPSA) is 130 Å². The minimum absolute atomic E-state index is 0.0103. The Morgan fingerprint density at radius 3 is 2.55 bits per heavy atom. The van der Waals surface area contributed by atoms with E-state index < -0.39 is 17.4 Å². The number of rotatable bonds is 7. The number of carbonyl (C=O) groups excluding carboxylic acids is 1. The molecular formula is C22H24FN7O. The predicted molar refractivity (Wildman–Crippen MR) is 118 cm³/mol. The normalized spacial score (nSPS) is 11.1. The van der Waals surface area contributed by atoms with Crippen molar-refractivity contribution in [2.75, 3.05) is 17.6 Å². The Balaban J connectivity index is 1.78. The van der Waals surface area contributed by atoms with Crippen LogP contribution in [0.15, 0.2) is 48.8 Å². The zero-order chi connectivity index (χ0) is 22.6. The zero-order valence-electron chi connectivity index (χ0n) is 17.5. The smallest absolute Gasteiger partial charge is 0.270 e. The lowest BCUT2D eigenvalue weighted by Gasteiger charge is -2.28. The minimum Gasteiger partial charge on any atom is -0.383 e. The number of benzene rings is 1. The number of nitrogens with zero attached hydrogens (tertiary/aromatic N) is 3. The fraction of sp³-hybridized carbons (Fsp3) is 0.227. The van der Waals surface area contributed by atoms with Gasteiger partial charge < -0.3 is 16.4 Å². The SMILES string of the molecule is Cc1ccc(C(=N)c2c(N)ncnc2NC(C)(C)CNC(=O)c2cccc(F)n2)cc1. The van der Waals surface area contributed by atoms with Gasteiger partial charge in [0.25, 0.3) is 5.91 Å². The number of halogens is 1. The first-order valence-corrected chi connectivity index (χ1v) is 9.62. The second-order valence-electron chi connectivity index (χ2n) is 7.76. The third-order valence-electron chi connectivity index (χ3n) is 4.56. The molecule has 31 heavy (non-hydrogen) atoms. The van der Waals surface area contributed by atoms with Crippen LogP contribution in [0.3, 0.4) is 0 Å². The van der Waals surface area contributed by atoms with Gasteiger partial charge in [-0.05, 0) is 32.9 Å². The van der Waals surface area contributed by atoms with E-state index in [1.54, 1.807) is 0 Å². The van der Waals surface area contributed by atoms with Gasteiger partial charge >= 0.3 is 0 Å². The number of nitrogens with two attached hydrogens (primary N) is 1. The van der Waals surface area contributed by atoms with Crippen molar-refractivity contribution >= 4 is 23.3 Å². The maximum absolute atomic E-state index is 13.3. The van der Waals surface area contributed by atoms with Crippen molar-refractivity contribution in [3.8, 4) is 0 Å². The van der Waals surface area contributed by atoms with Gasteiger partial charge in [-0.2, -0.15) is 4.39 Å². The van der Waals surface area contributed by atoms with E-state index in [1.165, 1.54) is 24.5 Å². The molecule has 0 saturated carbocycles. The Bertz CT molecular complexity index is 1110. The van der Waals surface area contributed by atoms with E-state index in [-0.39, 0.29) is 23.8 Å². The summed E-state index contributed by atoms with van der Waals surface area (Å²) >= 11 is 0. The molecule has 1 aromatic carbocycles. The van der Waals surface area contributed by atoms with Crippen LogP contribution >= 0.6 is 0 Å². The molecule has 2 heterocycles. The molecule has 1 amide bonds. The number of aryl methyl sites for hydroxylation is 1. The van der Waals surface area contributed by atoms with Crippen LogP contribution in [-0.4, -0.2) is 38.7 Å². The number of nitrogen functional groups attached to an aromatic ring is 1. The molecule has 160 valence electrons. The van der Waals surface area contributed by atoms with Crippen molar-refractivity contribution in [3.05, 3.63) is 77.1 Å². The molecule has 8 nitrogen and oxygen atoms in total. The molecule has 0 bridgehead atoms. The van der Waals surface area contributed by atoms with Crippen LogP contribution in [-0.2, 0) is 0 Å². The average Bonchev–Trinajstić information content (AvgIpc) is 2.72. The van der Waals surface area contributed by atoms with E-state index in [9.17, 15) is 9.18 Å². The summed E-state index contributed by atoms with van der Waals surface area (Å²) < 4.78 is 13.3. The van der Waals surface area contributed by atoms with E-state index in [0.717, 1.165) is 5.56 Å². The van der Waals surface area contributed by atoms with Crippen LogP contribution < -0.4 is 16.4 Å². The fourth-order valence-corrected chi connectivity index (χ4v) is 2.90. The summed E-state index contributed by atoms with van der Waals surface area (Å²) in [4.78, 5) is 24.2. The highest BCUT2D eigenvalue weighted by Gasteiger charge is 2.24. The van der Waals surface area contributed by atoms with E-state index in [0.29, 0.717) is 16.9 Å². The van der Waals surface area contributed by atoms with Gasteiger partial charge in [0.05, 0.1) is 16.8 Å². The van der Waals surface area contributed by atoms with Gasteiger partial charge in [0.2, 0.25) is 5.95 Å². The third-order valence-corrected chi connectivity index (χ3v) is 4.56. The van der Waals surface area contributed by atoms with Crippen molar-refractivity contribution in [1.82, 2.24) is 20.3 Å². The summed E-state index contributed by atoms with van der Waals surface area (Å²) in [5.74, 6) is -0.668. The Kier molecular flexibility index (Phi) is 6.24. The maximum Gasteiger partial charge on any atom is 0.270 e. The van der Waals surface area contributed by atoms with Gasteiger partial charge in [-0.15, -0.1) is 0 Å². The largest absolute Gasteiger partial charge is 0.383 e. The van der Waals surface area contributed by atoms with Gasteiger partial charge in [-0.25, -0.2) is 15.0 Å². The molecule has 0 aliphatic carbocycles. The first kappa shape index (κ1) is 21.8. The molecule has 2 aromatic heterocycles. The Hall–Kier alpha value is -3.88. The second-order valence-corrected chi connectivity index (χ2v) is 7.76. The molecule has 0 unspecified atom stereocenters. The standard InChI is InChI=1S/C22H24FN7O/c1-13-7-9-14(10-8-13)18(24)17-19(25)27-12-28-20(17)30-22(2,3)11-26-21(31)15-5-4-6-16(23)29-15/h4-10,12,24H,11H2,1-3H3,(H,26,31)(H3,25,27,28,30). The van der Waals surface area contributed by atoms with Gasteiger partial charge in [0.15, 0.2) is 0 Å². The number of amides is 1. The van der Waals surface area contributed by atoms with E-state index in [4.69, 9.17) is 11.1 Å². The van der Waals surface area contributed by atoms with E-state index >= 15 is 0 Å². The number of hydrogen-bond acceptors (Lipinski definition) is 7. The maximum atomic E-state index is 13.3. The Labute approximate surface area is 179 Å². The van der Waals surface area contributed by atoms with Crippen molar-refractivity contribution in [2.24, 2.45) is 0 Å². The van der Waals surface area contributed by atoms with Crippen molar-refractivity contribution in [1.29, 1.82) is 5.41 Å². The van der Waals surface area contributed by atoms with Gasteiger partial charge in [-0.1, -0.05) is 35.9 Å². The first-order valence-electron chi connectivity index (χ1n) is 9.62. The van der Waals surface area contributed by atoms with Crippen LogP contribution in [0.5, 0.6) is 0 Å². The Morgan fingerprint density at radius 2 is 1.87 bits per heavy atom. The third kappa shape index (κ3) is 5.39. The van der Waals surface area contributed by atoms with Crippen LogP contribution in [0.4, 0.5) is 16.0 Å². The molecule has 0 saturated heterocycles. The molecule has 0 atom stereocenters. The molecule has 0 aliphatic rings. The first-order chi connectivity index (χ1) is 14.7. The molecule has 9 heteroatoms. The predicted octanol–water partition coefficient (Wildman–Crippen LogP) is 2.94. The van der Waals surface area contributed by atoms with Crippen LogP contribution in [0.2, 0.25) is 0 Å². The van der Waals surface area contributed by atoms with Crippen LogP contribution in [0.1, 0.15) is 41.0 Å². The second kappa shape index (κ2) is 8.86. The zero-order valence-corrected chi connectivity index (χ0v) is 17.5. The number of nitrogens with one attached hydrogen (secondary N) is 3. The Morgan fingerprint density at radius 1 is 1.16 bits per heavy atom. The lowest BCUT2D eigenvalue weighted by atomic mass is 10.00. The minimum atomic E-state index is -0.722. The van der Waals surface area contributed by atoms with Crippen LogP contribution in [0, 0.1) is 18.3 Å². The molecule has 5 N–H and O–H groups in total. The number of carbonyl (C=O) groups is 1. The fourth-order valence-electron chi connectivity index (χ4n) is 2.90. The van der Waals surface area contributed by atoms with Crippen LogP contribution in [0.25, 0.3) is 0 Å². The molecule has 0 fully saturated rings. The average molecular weight is 421 g/mol. The summed E-state index contributed by atoms with van der Waals surface area (Å²) in [5.41, 5.74) is 7.71. The van der Waals surface area contributed by atoms with E-state index in [2.05, 4.69) is 25.6 Å². The number of aromatic nitrogens is 3. The van der Waals surface area contributed by atoms with Gasteiger partial charge in [0, 0.05) is 12.1 Å². The van der Waals surface area contributed by atoms with Gasteiger partial charge in [0.1, 0.15) is 23.7 Å². The molecule has 3 aromatic rings. The quantitative estimate of drug-likeness (QED) is 0.343. The summed E-state index contributed by atoms with van der Waals surface area (Å²) in [5, 5.41) is 14.6. The molecule has 3 rings (SSSR count). The highest BCUT2D eigenvalue weighted by molar-refractivity contribution is 6.16. The highest BCUT2D eigenvalue weighted by atomic mass is 19.1. The molecule has 0 radical (unpaired) electrons. The van der Waals surface area contributed by atoms with Crippen molar-refractivity contribution < 1.29 is 9.18 Å². The lowest BCUT2D eigenvalue weighted by molar-refractivity contribution is 0.0941. The summed E-state index contributed by atoms with van der Waals surface area (Å²) in [6.45, 7) is 5.86. The number of hydrogen-bond donors (Lipinski definition) is 4. The van der Waals surface area contributed by atoms with E-state index in [1.807, 2.05) is 45.0 Å². The van der Waals surface area contributed by atoms with Crippen molar-refractivity contribution in [2.45, 2.75) is 26.3 Å². The summed E-state index contributed by atoms with van der Waals surface area (Å²) in [6, 6.07) is 11.5. The summed E-state index contributed by atoms with van der Waals surface area (Å²) in [7, 11) is 0. The lowest BCUT2D eigenvalue weighted by Crippen LogP contribution is -2.44. The van der Waals surface area contributed by atoms with Gasteiger partial charge in [-0.3, -0.25) is 10.2 Å². The summed E-state index contributed by atoms with van der Waals surface area (Å²) in [6.07, 6.45) is 1.31. The molecular weight excluding hydrogens is 397 g/mol. The molecule has 0 spiro atoms. The number of pyridine rings is 1. The van der Waals surface area contributed by atoms with Crippen molar-refractivity contribution in [3.63, 3.8) is 0 Å². The number of anilines is 2. The highest BCUT2D eigenvalue weighted by Crippen LogP contribution is 2.24. The monoisotopic (exact) mass is 421 g/mol.